The summed E-state index contributed by atoms with van der Waals surface area (Å²) >= 11 is 6.00. The van der Waals surface area contributed by atoms with Crippen LogP contribution in [0.5, 0.6) is 0 Å². The minimum atomic E-state index is 0.601. The summed E-state index contributed by atoms with van der Waals surface area (Å²) in [4.78, 5) is 4.07. The van der Waals surface area contributed by atoms with Gasteiger partial charge in [-0.15, -0.1) is 0 Å². The summed E-state index contributed by atoms with van der Waals surface area (Å²) in [5.74, 6) is 0. The van der Waals surface area contributed by atoms with E-state index in [4.69, 9.17) is 11.6 Å². The topological polar surface area (TPSA) is 24.9 Å². The van der Waals surface area contributed by atoms with Gasteiger partial charge in [-0.25, -0.2) is 4.98 Å². The summed E-state index contributed by atoms with van der Waals surface area (Å²) in [6, 6.07) is 3.96. The third kappa shape index (κ3) is 2.96. The van der Waals surface area contributed by atoms with Crippen LogP contribution in [0.15, 0.2) is 18.3 Å². The monoisotopic (exact) mass is 238 g/mol. The first-order valence-corrected chi connectivity index (χ1v) is 6.44. The van der Waals surface area contributed by atoms with E-state index in [2.05, 4.69) is 17.2 Å². The van der Waals surface area contributed by atoms with Crippen molar-refractivity contribution >= 4 is 11.6 Å². The molecule has 88 valence electrons. The Labute approximate surface area is 102 Å². The number of hydrogen-bond donors (Lipinski definition) is 1. The van der Waals surface area contributed by atoms with Gasteiger partial charge in [-0.1, -0.05) is 31.0 Å². The average molecular weight is 239 g/mol. The molecule has 1 saturated carbocycles. The smallest absolute Gasteiger partial charge is 0.133 e. The van der Waals surface area contributed by atoms with E-state index in [0.29, 0.717) is 10.6 Å². The van der Waals surface area contributed by atoms with E-state index in [1.54, 1.807) is 6.20 Å². The Kier molecular flexibility index (Phi) is 3.82. The van der Waals surface area contributed by atoms with Crippen molar-refractivity contribution in [2.75, 3.05) is 6.54 Å². The van der Waals surface area contributed by atoms with Gasteiger partial charge >= 0.3 is 0 Å². The van der Waals surface area contributed by atoms with Crippen LogP contribution >= 0.6 is 11.6 Å². The summed E-state index contributed by atoms with van der Waals surface area (Å²) in [5, 5.41) is 4.13. The Bertz CT molecular complexity index is 348. The maximum atomic E-state index is 6.00. The van der Waals surface area contributed by atoms with Crippen molar-refractivity contribution in [3.05, 3.63) is 29.0 Å². The van der Waals surface area contributed by atoms with E-state index in [0.717, 1.165) is 18.7 Å². The highest BCUT2D eigenvalue weighted by Gasteiger charge is 2.40. The van der Waals surface area contributed by atoms with E-state index >= 15 is 0 Å². The first-order valence-electron chi connectivity index (χ1n) is 6.06. The van der Waals surface area contributed by atoms with Crippen molar-refractivity contribution in [1.82, 2.24) is 10.3 Å². The molecule has 1 aliphatic carbocycles. The van der Waals surface area contributed by atoms with Crippen molar-refractivity contribution in [2.45, 2.75) is 39.2 Å². The molecule has 0 spiro atoms. The lowest BCUT2D eigenvalue weighted by molar-refractivity contribution is 0.421. The van der Waals surface area contributed by atoms with Crippen molar-refractivity contribution in [3.8, 4) is 0 Å². The van der Waals surface area contributed by atoms with Crippen molar-refractivity contribution in [1.29, 1.82) is 0 Å². The van der Waals surface area contributed by atoms with Gasteiger partial charge in [0.15, 0.2) is 0 Å². The number of hydrogen-bond acceptors (Lipinski definition) is 2. The van der Waals surface area contributed by atoms with Crippen LogP contribution < -0.4 is 5.32 Å². The standard InChI is InChI=1S/C13H19ClN2/c1-2-5-13(6-7-13)10-15-9-11-4-3-8-16-12(11)14/h3-4,8,15H,2,5-7,9-10H2,1H3. The van der Waals surface area contributed by atoms with Crippen molar-refractivity contribution < 1.29 is 0 Å². The van der Waals surface area contributed by atoms with Crippen LogP contribution in [0.1, 0.15) is 38.2 Å². The predicted molar refractivity (Wildman–Crippen MR) is 67.5 cm³/mol. The summed E-state index contributed by atoms with van der Waals surface area (Å²) in [6.07, 6.45) is 7.13. The van der Waals surface area contributed by atoms with Crippen LogP contribution in [-0.2, 0) is 6.54 Å². The summed E-state index contributed by atoms with van der Waals surface area (Å²) < 4.78 is 0. The molecule has 0 radical (unpaired) electrons. The Morgan fingerprint density at radius 3 is 2.94 bits per heavy atom. The minimum Gasteiger partial charge on any atom is -0.312 e. The number of nitrogens with zero attached hydrogens (tertiary/aromatic N) is 1. The maximum absolute atomic E-state index is 6.00. The van der Waals surface area contributed by atoms with E-state index in [-0.39, 0.29) is 0 Å². The average Bonchev–Trinajstić information content (AvgIpc) is 3.02. The van der Waals surface area contributed by atoms with E-state index < -0.39 is 0 Å². The summed E-state index contributed by atoms with van der Waals surface area (Å²) in [5.41, 5.74) is 1.69. The molecule has 2 rings (SSSR count). The van der Waals surface area contributed by atoms with Gasteiger partial charge in [0.25, 0.3) is 0 Å². The molecule has 1 aromatic heterocycles. The summed E-state index contributed by atoms with van der Waals surface area (Å²) in [7, 11) is 0. The van der Waals surface area contributed by atoms with Gasteiger partial charge in [-0.05, 0) is 30.7 Å². The molecule has 1 aliphatic rings. The lowest BCUT2D eigenvalue weighted by Gasteiger charge is -2.15. The number of halogens is 1. The zero-order chi connectivity index (χ0) is 11.4. The molecule has 0 aliphatic heterocycles. The number of nitrogens with one attached hydrogen (secondary N) is 1. The molecule has 3 heteroatoms. The fourth-order valence-corrected chi connectivity index (χ4v) is 2.42. The predicted octanol–water partition coefficient (Wildman–Crippen LogP) is 3.40. The van der Waals surface area contributed by atoms with Gasteiger partial charge in [0.2, 0.25) is 0 Å². The second-order valence-electron chi connectivity index (χ2n) is 4.81. The van der Waals surface area contributed by atoms with Crippen molar-refractivity contribution in [3.63, 3.8) is 0 Å². The molecular weight excluding hydrogens is 220 g/mol. The zero-order valence-electron chi connectivity index (χ0n) is 9.80. The van der Waals surface area contributed by atoms with Gasteiger partial charge in [0, 0.05) is 24.8 Å². The molecule has 1 heterocycles. The highest BCUT2D eigenvalue weighted by molar-refractivity contribution is 6.30. The Morgan fingerprint density at radius 2 is 2.31 bits per heavy atom. The number of pyridine rings is 1. The zero-order valence-corrected chi connectivity index (χ0v) is 10.6. The van der Waals surface area contributed by atoms with Gasteiger partial charge in [0.05, 0.1) is 0 Å². The number of rotatable bonds is 6. The van der Waals surface area contributed by atoms with Crippen LogP contribution in [0, 0.1) is 5.41 Å². The second kappa shape index (κ2) is 5.15. The van der Waals surface area contributed by atoms with Crippen LogP contribution in [0.2, 0.25) is 5.15 Å². The summed E-state index contributed by atoms with van der Waals surface area (Å²) in [6.45, 7) is 4.21. The molecule has 0 atom stereocenters. The third-order valence-electron chi connectivity index (χ3n) is 3.39. The van der Waals surface area contributed by atoms with E-state index in [1.807, 2.05) is 12.1 Å². The van der Waals surface area contributed by atoms with E-state index in [1.165, 1.54) is 25.7 Å². The van der Waals surface area contributed by atoms with Gasteiger partial charge in [0.1, 0.15) is 5.15 Å². The molecule has 0 aromatic carbocycles. The van der Waals surface area contributed by atoms with Crippen LogP contribution in [-0.4, -0.2) is 11.5 Å². The largest absolute Gasteiger partial charge is 0.312 e. The highest BCUT2D eigenvalue weighted by Crippen LogP contribution is 2.48. The molecule has 0 unspecified atom stereocenters. The lowest BCUT2D eigenvalue weighted by Crippen LogP contribution is -2.23. The van der Waals surface area contributed by atoms with Crippen LogP contribution in [0.3, 0.4) is 0 Å². The van der Waals surface area contributed by atoms with Gasteiger partial charge in [-0.3, -0.25) is 0 Å². The van der Waals surface area contributed by atoms with Gasteiger partial charge in [-0.2, -0.15) is 0 Å². The van der Waals surface area contributed by atoms with Crippen LogP contribution in [0.25, 0.3) is 0 Å². The molecule has 16 heavy (non-hydrogen) atoms. The molecule has 1 N–H and O–H groups in total. The molecule has 2 nitrogen and oxygen atoms in total. The molecule has 0 amide bonds. The fourth-order valence-electron chi connectivity index (χ4n) is 2.24. The van der Waals surface area contributed by atoms with Crippen molar-refractivity contribution in [2.24, 2.45) is 5.41 Å². The normalized spacial score (nSPS) is 17.4. The molecule has 0 saturated heterocycles. The molecule has 0 bridgehead atoms. The maximum Gasteiger partial charge on any atom is 0.133 e. The minimum absolute atomic E-state index is 0.601. The first kappa shape index (κ1) is 11.9. The lowest BCUT2D eigenvalue weighted by atomic mass is 10.0. The van der Waals surface area contributed by atoms with E-state index in [9.17, 15) is 0 Å². The molecule has 1 fully saturated rings. The quantitative estimate of drug-likeness (QED) is 0.769. The number of aromatic nitrogens is 1. The molecule has 1 aromatic rings. The molecular formula is C13H19ClN2. The second-order valence-corrected chi connectivity index (χ2v) is 5.16. The SMILES string of the molecule is CCCC1(CNCc2cccnc2Cl)CC1. The Balaban J connectivity index is 1.78. The fraction of sp³-hybridized carbons (Fsp3) is 0.615. The highest BCUT2D eigenvalue weighted by atomic mass is 35.5. The Morgan fingerprint density at radius 1 is 1.50 bits per heavy atom. The first-order chi connectivity index (χ1) is 7.76. The Hall–Kier alpha value is -0.600. The van der Waals surface area contributed by atoms with Crippen LogP contribution in [0.4, 0.5) is 0 Å². The third-order valence-corrected chi connectivity index (χ3v) is 3.73. The van der Waals surface area contributed by atoms with Gasteiger partial charge < -0.3 is 5.32 Å².